The fraction of sp³-hybridized carbons (Fsp3) is 0.545. The standard InChI is InChI=1S/C11H15ClN2/c1-11(2)5-9(11)13-6-8-3-4-10(12)14-7-8/h3-4,7,9,13H,5-6H2,1-2H3. The Balaban J connectivity index is 1.84. The molecule has 0 radical (unpaired) electrons. The van der Waals surface area contributed by atoms with E-state index in [0.717, 1.165) is 6.54 Å². The van der Waals surface area contributed by atoms with Gasteiger partial charge >= 0.3 is 0 Å². The van der Waals surface area contributed by atoms with Gasteiger partial charge in [-0.15, -0.1) is 0 Å². The Bertz CT molecular complexity index is 319. The summed E-state index contributed by atoms with van der Waals surface area (Å²) in [5, 5.41) is 4.06. The number of pyridine rings is 1. The van der Waals surface area contributed by atoms with E-state index in [2.05, 4.69) is 24.1 Å². The van der Waals surface area contributed by atoms with Crippen LogP contribution in [0.15, 0.2) is 18.3 Å². The zero-order chi connectivity index (χ0) is 10.2. The summed E-state index contributed by atoms with van der Waals surface area (Å²) >= 11 is 5.70. The van der Waals surface area contributed by atoms with E-state index < -0.39 is 0 Å². The van der Waals surface area contributed by atoms with Crippen LogP contribution in [0.4, 0.5) is 0 Å². The minimum atomic E-state index is 0.486. The molecule has 1 saturated carbocycles. The molecule has 76 valence electrons. The van der Waals surface area contributed by atoms with Gasteiger partial charge in [0.05, 0.1) is 0 Å². The van der Waals surface area contributed by atoms with Crippen LogP contribution in [-0.2, 0) is 6.54 Å². The molecule has 1 fully saturated rings. The molecule has 0 spiro atoms. The average molecular weight is 211 g/mol. The van der Waals surface area contributed by atoms with Crippen LogP contribution in [0.1, 0.15) is 25.8 Å². The highest BCUT2D eigenvalue weighted by Gasteiger charge is 2.44. The van der Waals surface area contributed by atoms with Crippen molar-refractivity contribution < 1.29 is 0 Å². The van der Waals surface area contributed by atoms with Gasteiger partial charge in [0.15, 0.2) is 0 Å². The lowest BCUT2D eigenvalue weighted by molar-refractivity contribution is 0.541. The summed E-state index contributed by atoms with van der Waals surface area (Å²) in [5.41, 5.74) is 1.68. The van der Waals surface area contributed by atoms with Crippen molar-refractivity contribution in [3.63, 3.8) is 0 Å². The van der Waals surface area contributed by atoms with E-state index in [4.69, 9.17) is 11.6 Å². The van der Waals surface area contributed by atoms with E-state index in [0.29, 0.717) is 16.6 Å². The Morgan fingerprint density at radius 2 is 2.29 bits per heavy atom. The van der Waals surface area contributed by atoms with Gasteiger partial charge in [-0.25, -0.2) is 4.98 Å². The smallest absolute Gasteiger partial charge is 0.129 e. The fourth-order valence-corrected chi connectivity index (χ4v) is 1.68. The van der Waals surface area contributed by atoms with Crippen LogP contribution in [0.2, 0.25) is 5.15 Å². The van der Waals surface area contributed by atoms with E-state index in [-0.39, 0.29) is 0 Å². The fourth-order valence-electron chi connectivity index (χ4n) is 1.57. The largest absolute Gasteiger partial charge is 0.309 e. The zero-order valence-corrected chi connectivity index (χ0v) is 9.30. The molecule has 1 N–H and O–H groups in total. The molecule has 1 aromatic rings. The SMILES string of the molecule is CC1(C)CC1NCc1ccc(Cl)nc1. The van der Waals surface area contributed by atoms with Crippen LogP contribution in [0.3, 0.4) is 0 Å². The minimum absolute atomic E-state index is 0.486. The Morgan fingerprint density at radius 3 is 2.79 bits per heavy atom. The van der Waals surface area contributed by atoms with Crippen LogP contribution >= 0.6 is 11.6 Å². The molecule has 3 heteroatoms. The normalized spacial score (nSPS) is 23.5. The van der Waals surface area contributed by atoms with Crippen LogP contribution in [-0.4, -0.2) is 11.0 Å². The molecule has 0 saturated heterocycles. The van der Waals surface area contributed by atoms with Gasteiger partial charge in [-0.3, -0.25) is 0 Å². The maximum Gasteiger partial charge on any atom is 0.129 e. The quantitative estimate of drug-likeness (QED) is 0.776. The summed E-state index contributed by atoms with van der Waals surface area (Å²) in [5.74, 6) is 0. The van der Waals surface area contributed by atoms with E-state index >= 15 is 0 Å². The molecule has 1 aliphatic rings. The number of aromatic nitrogens is 1. The van der Waals surface area contributed by atoms with Crippen LogP contribution in [0.25, 0.3) is 0 Å². The second-order valence-corrected chi connectivity index (χ2v) is 5.00. The maximum absolute atomic E-state index is 5.70. The number of halogens is 1. The topological polar surface area (TPSA) is 24.9 Å². The van der Waals surface area contributed by atoms with Gasteiger partial charge in [0.25, 0.3) is 0 Å². The molecule has 0 amide bonds. The van der Waals surface area contributed by atoms with Gasteiger partial charge < -0.3 is 5.32 Å². The number of rotatable bonds is 3. The van der Waals surface area contributed by atoms with Crippen molar-refractivity contribution in [1.82, 2.24) is 10.3 Å². The molecule has 2 nitrogen and oxygen atoms in total. The van der Waals surface area contributed by atoms with Crippen molar-refractivity contribution >= 4 is 11.6 Å². The monoisotopic (exact) mass is 210 g/mol. The number of hydrogen-bond acceptors (Lipinski definition) is 2. The number of hydrogen-bond donors (Lipinski definition) is 1. The first-order chi connectivity index (χ1) is 6.58. The van der Waals surface area contributed by atoms with Gasteiger partial charge in [0.1, 0.15) is 5.15 Å². The Labute approximate surface area is 89.7 Å². The van der Waals surface area contributed by atoms with Crippen molar-refractivity contribution in [2.45, 2.75) is 32.9 Å². The second-order valence-electron chi connectivity index (χ2n) is 4.62. The Kier molecular flexibility index (Phi) is 2.50. The van der Waals surface area contributed by atoms with E-state index in [1.54, 1.807) is 0 Å². The van der Waals surface area contributed by atoms with Gasteiger partial charge in [-0.2, -0.15) is 0 Å². The van der Waals surface area contributed by atoms with E-state index in [1.165, 1.54) is 12.0 Å². The molecule has 0 aliphatic heterocycles. The molecular formula is C11H15ClN2. The molecule has 14 heavy (non-hydrogen) atoms. The third kappa shape index (κ3) is 2.25. The zero-order valence-electron chi connectivity index (χ0n) is 8.55. The molecule has 1 heterocycles. The van der Waals surface area contributed by atoms with E-state index in [1.807, 2.05) is 18.3 Å². The Morgan fingerprint density at radius 1 is 1.57 bits per heavy atom. The lowest BCUT2D eigenvalue weighted by atomic mass is 10.2. The van der Waals surface area contributed by atoms with Crippen molar-refractivity contribution in [2.75, 3.05) is 0 Å². The Hall–Kier alpha value is -0.600. The van der Waals surface area contributed by atoms with Gasteiger partial charge in [-0.05, 0) is 23.5 Å². The molecule has 1 aliphatic carbocycles. The van der Waals surface area contributed by atoms with Crippen molar-refractivity contribution in [2.24, 2.45) is 5.41 Å². The molecule has 0 aromatic carbocycles. The third-order valence-corrected chi connectivity index (χ3v) is 3.08. The minimum Gasteiger partial charge on any atom is -0.309 e. The molecule has 2 rings (SSSR count). The first kappa shape index (κ1) is 9.94. The number of nitrogens with zero attached hydrogens (tertiary/aromatic N) is 1. The van der Waals surface area contributed by atoms with Crippen LogP contribution in [0.5, 0.6) is 0 Å². The predicted octanol–water partition coefficient (Wildman–Crippen LogP) is 2.62. The summed E-state index contributed by atoms with van der Waals surface area (Å²) in [4.78, 5) is 4.04. The summed E-state index contributed by atoms with van der Waals surface area (Å²) in [7, 11) is 0. The molecule has 1 unspecified atom stereocenters. The van der Waals surface area contributed by atoms with Crippen molar-refractivity contribution in [1.29, 1.82) is 0 Å². The third-order valence-electron chi connectivity index (χ3n) is 2.85. The van der Waals surface area contributed by atoms with Crippen LogP contribution < -0.4 is 5.32 Å². The highest BCUT2D eigenvalue weighted by molar-refractivity contribution is 6.29. The van der Waals surface area contributed by atoms with Gasteiger partial charge in [-0.1, -0.05) is 31.5 Å². The summed E-state index contributed by atoms with van der Waals surface area (Å²) in [6.07, 6.45) is 3.10. The lowest BCUT2D eigenvalue weighted by Crippen LogP contribution is -2.19. The molecule has 1 aromatic heterocycles. The summed E-state index contributed by atoms with van der Waals surface area (Å²) in [6, 6.07) is 4.51. The van der Waals surface area contributed by atoms with Gasteiger partial charge in [0, 0.05) is 18.8 Å². The number of nitrogens with one attached hydrogen (secondary N) is 1. The first-order valence-electron chi connectivity index (χ1n) is 4.92. The lowest BCUT2D eigenvalue weighted by Gasteiger charge is -2.06. The van der Waals surface area contributed by atoms with Crippen molar-refractivity contribution in [3.8, 4) is 0 Å². The highest BCUT2D eigenvalue weighted by atomic mass is 35.5. The van der Waals surface area contributed by atoms with E-state index in [9.17, 15) is 0 Å². The predicted molar refractivity (Wildman–Crippen MR) is 58.3 cm³/mol. The molecule has 1 atom stereocenters. The van der Waals surface area contributed by atoms with Crippen LogP contribution in [0, 0.1) is 5.41 Å². The molecular weight excluding hydrogens is 196 g/mol. The summed E-state index contributed by atoms with van der Waals surface area (Å²) < 4.78 is 0. The second kappa shape index (κ2) is 3.52. The summed E-state index contributed by atoms with van der Waals surface area (Å²) in [6.45, 7) is 5.45. The highest BCUT2D eigenvalue weighted by Crippen LogP contribution is 2.44. The maximum atomic E-state index is 5.70. The van der Waals surface area contributed by atoms with Crippen molar-refractivity contribution in [3.05, 3.63) is 29.0 Å². The average Bonchev–Trinajstić information content (AvgIpc) is 2.73. The molecule has 0 bridgehead atoms. The van der Waals surface area contributed by atoms with Gasteiger partial charge in [0.2, 0.25) is 0 Å². The first-order valence-corrected chi connectivity index (χ1v) is 5.29.